The lowest BCUT2D eigenvalue weighted by Crippen LogP contribution is -2.45. The molecule has 3 heteroatoms. The van der Waals surface area contributed by atoms with Gasteiger partial charge in [-0.05, 0) is 23.4 Å². The van der Waals surface area contributed by atoms with E-state index in [1.54, 1.807) is 0 Å². The van der Waals surface area contributed by atoms with Gasteiger partial charge in [-0.25, -0.2) is 0 Å². The molecule has 0 aromatic heterocycles. The highest BCUT2D eigenvalue weighted by Crippen LogP contribution is 2.35. The minimum atomic E-state index is 0.383. The van der Waals surface area contributed by atoms with Gasteiger partial charge in [0.2, 0.25) is 0 Å². The first-order valence-electron chi connectivity index (χ1n) is 8.46. The number of fused-ring (bicyclic) bond motifs is 1. The van der Waals surface area contributed by atoms with Crippen LogP contribution in [-0.2, 0) is 0 Å². The number of phenolic OH excluding ortho intramolecular Hbond substituents is 1. The van der Waals surface area contributed by atoms with Gasteiger partial charge in [0.15, 0.2) is 0 Å². The maximum atomic E-state index is 10.1. The number of benzene rings is 2. The molecule has 2 aromatic rings. The van der Waals surface area contributed by atoms with E-state index in [9.17, 15) is 5.11 Å². The molecule has 118 valence electrons. The topological polar surface area (TPSA) is 35.5 Å². The quantitative estimate of drug-likeness (QED) is 0.884. The van der Waals surface area contributed by atoms with E-state index < -0.39 is 0 Å². The predicted molar refractivity (Wildman–Crippen MR) is 92.3 cm³/mol. The molecule has 1 atom stereocenters. The second kappa shape index (κ2) is 7.12. The number of hydrogen-bond acceptors (Lipinski definition) is 3. The van der Waals surface area contributed by atoms with Crippen molar-refractivity contribution in [2.24, 2.45) is 0 Å². The third-order valence-corrected chi connectivity index (χ3v) is 4.72. The normalized spacial score (nSPS) is 17.7. The van der Waals surface area contributed by atoms with Gasteiger partial charge in [0, 0.05) is 37.6 Å². The third kappa shape index (κ3) is 3.11. The molecule has 1 saturated heterocycles. The Hall–Kier alpha value is -1.58. The molecule has 0 radical (unpaired) electrons. The molecule has 1 fully saturated rings. The molecule has 1 aliphatic heterocycles. The van der Waals surface area contributed by atoms with Gasteiger partial charge in [0.05, 0.1) is 0 Å². The van der Waals surface area contributed by atoms with Crippen LogP contribution < -0.4 is 5.32 Å². The number of phenols is 1. The van der Waals surface area contributed by atoms with Crippen LogP contribution in [0.1, 0.15) is 37.8 Å². The zero-order chi connectivity index (χ0) is 15.4. The largest absolute Gasteiger partial charge is 0.507 e. The van der Waals surface area contributed by atoms with Crippen molar-refractivity contribution in [3.05, 3.63) is 42.0 Å². The van der Waals surface area contributed by atoms with Crippen molar-refractivity contribution < 1.29 is 5.11 Å². The van der Waals surface area contributed by atoms with Crippen molar-refractivity contribution in [2.45, 2.75) is 32.2 Å². The highest BCUT2D eigenvalue weighted by Gasteiger charge is 2.23. The van der Waals surface area contributed by atoms with Crippen LogP contribution in [0.3, 0.4) is 0 Å². The molecule has 2 aromatic carbocycles. The monoisotopic (exact) mass is 298 g/mol. The van der Waals surface area contributed by atoms with E-state index in [1.165, 1.54) is 30.2 Å². The number of nitrogens with zero attached hydrogens (tertiary/aromatic N) is 1. The molecule has 3 nitrogen and oxygen atoms in total. The number of rotatable bonds is 5. The maximum absolute atomic E-state index is 10.1. The van der Waals surface area contributed by atoms with Crippen LogP contribution in [0.4, 0.5) is 0 Å². The predicted octanol–water partition coefficient (Wildman–Crippen LogP) is 3.68. The molecule has 3 rings (SSSR count). The summed E-state index contributed by atoms with van der Waals surface area (Å²) in [6.07, 6.45) is 3.65. The molecule has 0 amide bonds. The molecule has 0 spiro atoms. The summed E-state index contributed by atoms with van der Waals surface area (Å²) < 4.78 is 0. The van der Waals surface area contributed by atoms with Gasteiger partial charge in [-0.2, -0.15) is 0 Å². The molecular weight excluding hydrogens is 272 g/mol. The SMILES string of the molecule is CCCC[C@H](c1ccc(O)c2ccccc12)N1CCNCC1. The highest BCUT2D eigenvalue weighted by molar-refractivity contribution is 5.91. The van der Waals surface area contributed by atoms with Gasteiger partial charge in [-0.15, -0.1) is 0 Å². The van der Waals surface area contributed by atoms with E-state index in [4.69, 9.17) is 0 Å². The Morgan fingerprint density at radius 3 is 2.55 bits per heavy atom. The summed E-state index contributed by atoms with van der Waals surface area (Å²) in [5.74, 6) is 0.383. The van der Waals surface area contributed by atoms with Crippen LogP contribution in [-0.4, -0.2) is 36.2 Å². The summed E-state index contributed by atoms with van der Waals surface area (Å²) >= 11 is 0. The molecule has 0 unspecified atom stereocenters. The number of piperazine rings is 1. The van der Waals surface area contributed by atoms with Crippen LogP contribution in [0.15, 0.2) is 36.4 Å². The average Bonchev–Trinajstić information content (AvgIpc) is 2.58. The fourth-order valence-electron chi connectivity index (χ4n) is 3.52. The van der Waals surface area contributed by atoms with Crippen molar-refractivity contribution in [1.29, 1.82) is 0 Å². The Balaban J connectivity index is 2.01. The van der Waals surface area contributed by atoms with Crippen molar-refractivity contribution in [2.75, 3.05) is 26.2 Å². The first-order chi connectivity index (χ1) is 10.8. The summed E-state index contributed by atoms with van der Waals surface area (Å²) in [4.78, 5) is 2.60. The first-order valence-corrected chi connectivity index (χ1v) is 8.46. The summed E-state index contributed by atoms with van der Waals surface area (Å²) in [6.45, 7) is 6.59. The van der Waals surface area contributed by atoms with E-state index in [1.807, 2.05) is 18.2 Å². The standard InChI is InChI=1S/C19H26N2O/c1-2-3-8-18(21-13-11-20-12-14-21)16-9-10-19(22)17-7-5-4-6-15(16)17/h4-7,9-10,18,20,22H,2-3,8,11-14H2,1H3/t18-/m1/s1. The van der Waals surface area contributed by atoms with Crippen LogP contribution in [0, 0.1) is 0 Å². The summed E-state index contributed by atoms with van der Waals surface area (Å²) in [7, 11) is 0. The lowest BCUT2D eigenvalue weighted by Gasteiger charge is -2.36. The van der Waals surface area contributed by atoms with Crippen LogP contribution in [0.2, 0.25) is 0 Å². The van der Waals surface area contributed by atoms with E-state index in [-0.39, 0.29) is 0 Å². The number of nitrogens with one attached hydrogen (secondary N) is 1. The molecule has 0 bridgehead atoms. The second-order valence-corrected chi connectivity index (χ2v) is 6.16. The van der Waals surface area contributed by atoms with Gasteiger partial charge >= 0.3 is 0 Å². The molecule has 0 aliphatic carbocycles. The van der Waals surface area contributed by atoms with Crippen molar-refractivity contribution >= 4 is 10.8 Å². The molecule has 1 heterocycles. The van der Waals surface area contributed by atoms with E-state index in [2.05, 4.69) is 35.3 Å². The molecule has 2 N–H and O–H groups in total. The number of aromatic hydroxyl groups is 1. The lowest BCUT2D eigenvalue weighted by atomic mass is 9.93. The first kappa shape index (κ1) is 15.3. The third-order valence-electron chi connectivity index (χ3n) is 4.72. The highest BCUT2D eigenvalue weighted by atomic mass is 16.3. The minimum Gasteiger partial charge on any atom is -0.507 e. The molecule has 22 heavy (non-hydrogen) atoms. The Labute approximate surface area is 132 Å². The van der Waals surface area contributed by atoms with Crippen molar-refractivity contribution in [3.63, 3.8) is 0 Å². The lowest BCUT2D eigenvalue weighted by molar-refractivity contribution is 0.164. The van der Waals surface area contributed by atoms with Gasteiger partial charge < -0.3 is 10.4 Å². The summed E-state index contributed by atoms with van der Waals surface area (Å²) in [5.41, 5.74) is 1.36. The maximum Gasteiger partial charge on any atom is 0.123 e. The molecule has 1 aliphatic rings. The van der Waals surface area contributed by atoms with E-state index in [0.717, 1.165) is 31.6 Å². The minimum absolute atomic E-state index is 0.383. The number of unbranched alkanes of at least 4 members (excludes halogenated alkanes) is 1. The second-order valence-electron chi connectivity index (χ2n) is 6.16. The smallest absolute Gasteiger partial charge is 0.123 e. The zero-order valence-corrected chi connectivity index (χ0v) is 13.4. The zero-order valence-electron chi connectivity index (χ0n) is 13.4. The van der Waals surface area contributed by atoms with Crippen molar-refractivity contribution in [1.82, 2.24) is 10.2 Å². The van der Waals surface area contributed by atoms with Gasteiger partial charge in [0.1, 0.15) is 5.75 Å². The van der Waals surface area contributed by atoms with Crippen LogP contribution in [0.5, 0.6) is 5.75 Å². The van der Waals surface area contributed by atoms with Gasteiger partial charge in [0.25, 0.3) is 0 Å². The average molecular weight is 298 g/mol. The van der Waals surface area contributed by atoms with E-state index >= 15 is 0 Å². The Morgan fingerprint density at radius 2 is 1.82 bits per heavy atom. The Kier molecular flexibility index (Phi) is 4.96. The summed E-state index contributed by atoms with van der Waals surface area (Å²) in [6, 6.07) is 12.7. The Bertz CT molecular complexity index is 620. The van der Waals surface area contributed by atoms with Crippen molar-refractivity contribution in [3.8, 4) is 5.75 Å². The Morgan fingerprint density at radius 1 is 1.09 bits per heavy atom. The molecular formula is C19H26N2O. The summed E-state index contributed by atoms with van der Waals surface area (Å²) in [5, 5.41) is 15.7. The van der Waals surface area contributed by atoms with Gasteiger partial charge in [-0.1, -0.05) is 50.1 Å². The fourth-order valence-corrected chi connectivity index (χ4v) is 3.52. The molecule has 0 saturated carbocycles. The fraction of sp³-hybridized carbons (Fsp3) is 0.474. The number of hydrogen-bond donors (Lipinski definition) is 2. The van der Waals surface area contributed by atoms with Crippen LogP contribution in [0.25, 0.3) is 10.8 Å². The van der Waals surface area contributed by atoms with Crippen LogP contribution >= 0.6 is 0 Å². The van der Waals surface area contributed by atoms with E-state index in [0.29, 0.717) is 11.8 Å². The van der Waals surface area contributed by atoms with Gasteiger partial charge in [-0.3, -0.25) is 4.90 Å².